The van der Waals surface area contributed by atoms with Crippen molar-refractivity contribution in [3.63, 3.8) is 0 Å². The van der Waals surface area contributed by atoms with E-state index in [2.05, 4.69) is 24.7 Å². The standard InChI is InChI=1S/C13H22N6.HI/c14-13(18-7-3-1-4-8-18)15-10-12-17-16-11-6-2-5-9-19(11)12;/h1-10H2,(H2,14,15);1H. The number of aliphatic imine (C=N–C) groups is 1. The van der Waals surface area contributed by atoms with Crippen LogP contribution in [0.25, 0.3) is 0 Å². The molecule has 0 spiro atoms. The van der Waals surface area contributed by atoms with Crippen LogP contribution < -0.4 is 5.73 Å². The van der Waals surface area contributed by atoms with E-state index in [1.54, 1.807) is 0 Å². The van der Waals surface area contributed by atoms with Gasteiger partial charge in [-0.3, -0.25) is 0 Å². The third-order valence-corrected chi connectivity index (χ3v) is 4.00. The Bertz CT molecular complexity index is 463. The maximum Gasteiger partial charge on any atom is 0.191 e. The van der Waals surface area contributed by atoms with Crippen LogP contribution in [0.15, 0.2) is 4.99 Å². The van der Waals surface area contributed by atoms with Crippen LogP contribution in [0, 0.1) is 0 Å². The number of nitrogens with zero attached hydrogens (tertiary/aromatic N) is 5. The first-order valence-corrected chi connectivity index (χ1v) is 7.30. The molecule has 112 valence electrons. The number of aromatic nitrogens is 3. The van der Waals surface area contributed by atoms with Gasteiger partial charge in [0.1, 0.15) is 12.4 Å². The molecule has 2 aliphatic rings. The fourth-order valence-electron chi connectivity index (χ4n) is 2.86. The molecule has 7 heteroatoms. The zero-order valence-corrected chi connectivity index (χ0v) is 14.1. The first-order valence-electron chi connectivity index (χ1n) is 7.30. The quantitative estimate of drug-likeness (QED) is 0.472. The Morgan fingerprint density at radius 3 is 2.60 bits per heavy atom. The smallest absolute Gasteiger partial charge is 0.191 e. The number of rotatable bonds is 2. The predicted molar refractivity (Wildman–Crippen MR) is 89.1 cm³/mol. The third kappa shape index (κ3) is 3.42. The molecule has 6 nitrogen and oxygen atoms in total. The molecule has 2 aliphatic heterocycles. The lowest BCUT2D eigenvalue weighted by Crippen LogP contribution is -2.40. The van der Waals surface area contributed by atoms with Gasteiger partial charge in [0.15, 0.2) is 11.8 Å². The van der Waals surface area contributed by atoms with Crippen molar-refractivity contribution in [1.82, 2.24) is 19.7 Å². The van der Waals surface area contributed by atoms with Crippen LogP contribution in [-0.2, 0) is 19.5 Å². The first kappa shape index (κ1) is 15.5. The highest BCUT2D eigenvalue weighted by atomic mass is 127. The van der Waals surface area contributed by atoms with Crippen LogP contribution in [-0.4, -0.2) is 38.7 Å². The summed E-state index contributed by atoms with van der Waals surface area (Å²) in [5.41, 5.74) is 6.06. The summed E-state index contributed by atoms with van der Waals surface area (Å²) in [6.45, 7) is 3.65. The second kappa shape index (κ2) is 7.24. The molecule has 0 radical (unpaired) electrons. The van der Waals surface area contributed by atoms with Crippen molar-refractivity contribution >= 4 is 29.9 Å². The van der Waals surface area contributed by atoms with E-state index in [1.165, 1.54) is 32.1 Å². The van der Waals surface area contributed by atoms with E-state index in [0.717, 1.165) is 37.7 Å². The zero-order valence-electron chi connectivity index (χ0n) is 11.8. The lowest BCUT2D eigenvalue weighted by molar-refractivity contribution is 0.338. The van der Waals surface area contributed by atoms with Gasteiger partial charge < -0.3 is 15.2 Å². The molecule has 3 heterocycles. The Hall–Kier alpha value is -0.860. The summed E-state index contributed by atoms with van der Waals surface area (Å²) in [5, 5.41) is 8.48. The lowest BCUT2D eigenvalue weighted by Gasteiger charge is -2.27. The number of fused-ring (bicyclic) bond motifs is 1. The molecule has 1 aromatic heterocycles. The van der Waals surface area contributed by atoms with Crippen LogP contribution in [0.4, 0.5) is 0 Å². The summed E-state index contributed by atoms with van der Waals surface area (Å²) < 4.78 is 2.20. The molecule has 0 unspecified atom stereocenters. The van der Waals surface area contributed by atoms with Crippen molar-refractivity contribution < 1.29 is 0 Å². The molecule has 1 fully saturated rings. The summed E-state index contributed by atoms with van der Waals surface area (Å²) in [7, 11) is 0. The number of aryl methyl sites for hydroxylation is 1. The largest absolute Gasteiger partial charge is 0.370 e. The summed E-state index contributed by atoms with van der Waals surface area (Å²) in [4.78, 5) is 6.67. The van der Waals surface area contributed by atoms with E-state index in [-0.39, 0.29) is 24.0 Å². The van der Waals surface area contributed by atoms with Crippen molar-refractivity contribution in [2.45, 2.75) is 51.6 Å². The predicted octanol–water partition coefficient (Wildman–Crippen LogP) is 1.53. The highest BCUT2D eigenvalue weighted by Crippen LogP contribution is 2.15. The van der Waals surface area contributed by atoms with Crippen LogP contribution in [0.3, 0.4) is 0 Å². The minimum absolute atomic E-state index is 0. The topological polar surface area (TPSA) is 72.3 Å². The van der Waals surface area contributed by atoms with Crippen molar-refractivity contribution in [3.05, 3.63) is 11.6 Å². The average molecular weight is 390 g/mol. The van der Waals surface area contributed by atoms with E-state index in [0.29, 0.717) is 12.5 Å². The Balaban J connectivity index is 0.00000147. The van der Waals surface area contributed by atoms with Crippen LogP contribution in [0.1, 0.15) is 43.8 Å². The van der Waals surface area contributed by atoms with Gasteiger partial charge in [0.25, 0.3) is 0 Å². The summed E-state index contributed by atoms with van der Waals surface area (Å²) >= 11 is 0. The lowest BCUT2D eigenvalue weighted by atomic mass is 10.1. The minimum atomic E-state index is 0. The maximum atomic E-state index is 6.06. The number of halogens is 1. The molecule has 0 saturated carbocycles. The van der Waals surface area contributed by atoms with Crippen molar-refractivity contribution in [1.29, 1.82) is 0 Å². The average Bonchev–Trinajstić information content (AvgIpc) is 2.89. The van der Waals surface area contributed by atoms with Gasteiger partial charge in [-0.05, 0) is 32.1 Å². The molecule has 1 saturated heterocycles. The Morgan fingerprint density at radius 2 is 1.80 bits per heavy atom. The van der Waals surface area contributed by atoms with Gasteiger partial charge in [-0.15, -0.1) is 34.2 Å². The van der Waals surface area contributed by atoms with Gasteiger partial charge in [-0.1, -0.05) is 0 Å². The maximum absolute atomic E-state index is 6.06. The molecule has 3 rings (SSSR count). The number of hydrogen-bond donors (Lipinski definition) is 1. The molecule has 1 aromatic rings. The molecule has 2 N–H and O–H groups in total. The van der Waals surface area contributed by atoms with Gasteiger partial charge in [0, 0.05) is 26.1 Å². The molecule has 0 aliphatic carbocycles. The zero-order chi connectivity index (χ0) is 13.1. The number of hydrogen-bond acceptors (Lipinski definition) is 3. The Kier molecular flexibility index (Phi) is 5.62. The number of nitrogens with two attached hydrogens (primary N) is 1. The Morgan fingerprint density at radius 1 is 1.05 bits per heavy atom. The molecule has 0 aromatic carbocycles. The van der Waals surface area contributed by atoms with E-state index in [1.807, 2.05) is 0 Å². The summed E-state index contributed by atoms with van der Waals surface area (Å²) in [6.07, 6.45) is 7.22. The molecule has 0 atom stereocenters. The summed E-state index contributed by atoms with van der Waals surface area (Å²) in [6, 6.07) is 0. The minimum Gasteiger partial charge on any atom is -0.370 e. The first-order chi connectivity index (χ1) is 9.34. The Labute approximate surface area is 136 Å². The van der Waals surface area contributed by atoms with Gasteiger partial charge in [-0.2, -0.15) is 0 Å². The van der Waals surface area contributed by atoms with Gasteiger partial charge in [-0.25, -0.2) is 4.99 Å². The fraction of sp³-hybridized carbons (Fsp3) is 0.769. The molecular formula is C13H23IN6. The van der Waals surface area contributed by atoms with Crippen LogP contribution in [0.5, 0.6) is 0 Å². The monoisotopic (exact) mass is 390 g/mol. The van der Waals surface area contributed by atoms with Crippen molar-refractivity contribution in [2.24, 2.45) is 10.7 Å². The summed E-state index contributed by atoms with van der Waals surface area (Å²) in [5.74, 6) is 2.72. The van der Waals surface area contributed by atoms with Crippen molar-refractivity contribution in [3.8, 4) is 0 Å². The normalized spacial score (nSPS) is 19.4. The van der Waals surface area contributed by atoms with Gasteiger partial charge in [0.05, 0.1) is 0 Å². The molecular weight excluding hydrogens is 367 g/mol. The number of piperidine rings is 1. The second-order valence-corrected chi connectivity index (χ2v) is 5.36. The highest BCUT2D eigenvalue weighted by molar-refractivity contribution is 14.0. The molecule has 20 heavy (non-hydrogen) atoms. The van der Waals surface area contributed by atoms with E-state index in [4.69, 9.17) is 5.73 Å². The molecule has 0 bridgehead atoms. The van der Waals surface area contributed by atoms with Crippen LogP contribution in [0.2, 0.25) is 0 Å². The van der Waals surface area contributed by atoms with E-state index in [9.17, 15) is 0 Å². The number of likely N-dealkylation sites (tertiary alicyclic amines) is 1. The highest BCUT2D eigenvalue weighted by Gasteiger charge is 2.16. The van der Waals surface area contributed by atoms with E-state index >= 15 is 0 Å². The van der Waals surface area contributed by atoms with Crippen LogP contribution >= 0.6 is 24.0 Å². The molecule has 0 amide bonds. The SMILES string of the molecule is I.NC(=NCc1nnc2n1CCCC2)N1CCCCC1. The third-order valence-electron chi connectivity index (χ3n) is 4.00. The fourth-order valence-corrected chi connectivity index (χ4v) is 2.86. The van der Waals surface area contributed by atoms with Gasteiger partial charge in [0.2, 0.25) is 0 Å². The number of guanidine groups is 1. The second-order valence-electron chi connectivity index (χ2n) is 5.36. The van der Waals surface area contributed by atoms with Crippen molar-refractivity contribution in [2.75, 3.05) is 13.1 Å². The van der Waals surface area contributed by atoms with E-state index < -0.39 is 0 Å². The van der Waals surface area contributed by atoms with Gasteiger partial charge >= 0.3 is 0 Å².